The highest BCUT2D eigenvalue weighted by atomic mass is 16.6. The second kappa shape index (κ2) is 17.2. The molecule has 1 aromatic heterocycles. The van der Waals surface area contributed by atoms with E-state index in [-0.39, 0.29) is 11.8 Å². The van der Waals surface area contributed by atoms with Crippen molar-refractivity contribution in [3.63, 3.8) is 0 Å². The lowest BCUT2D eigenvalue weighted by Crippen LogP contribution is -2.50. The van der Waals surface area contributed by atoms with E-state index in [1.54, 1.807) is 20.8 Å². The Bertz CT molecular complexity index is 1960. The molecule has 6 unspecified atom stereocenters. The normalized spacial score (nSPS) is 19.4. The molecule has 12 heteroatoms. The summed E-state index contributed by atoms with van der Waals surface area (Å²) in [7, 11) is 2.89. The van der Waals surface area contributed by atoms with Crippen molar-refractivity contribution in [1.29, 1.82) is 0 Å². The first-order valence-electron chi connectivity index (χ1n) is 19.7. The molecule has 0 bridgehead atoms. The molecule has 56 heavy (non-hydrogen) atoms. The van der Waals surface area contributed by atoms with Gasteiger partial charge in [0.1, 0.15) is 11.2 Å². The molecule has 12 nitrogen and oxygen atoms in total. The fraction of sp³-hybridized carbons (Fsp3) is 0.545. The lowest BCUT2D eigenvalue weighted by atomic mass is 9.68. The number of hydrogen-bond acceptors (Lipinski definition) is 9. The lowest BCUT2D eigenvalue weighted by molar-refractivity contribution is -0.570. The number of carbonyl (C=O) groups is 4. The van der Waals surface area contributed by atoms with Crippen molar-refractivity contribution in [2.45, 2.75) is 93.3 Å². The van der Waals surface area contributed by atoms with Crippen LogP contribution in [0.2, 0.25) is 0 Å². The number of esters is 2. The number of methoxy groups -OCH3 is 2. The van der Waals surface area contributed by atoms with E-state index in [1.807, 2.05) is 63.2 Å². The second-order valence-corrected chi connectivity index (χ2v) is 17.2. The number of aryl methyl sites for hydroxylation is 1. The molecule has 3 aromatic rings. The molecule has 1 saturated heterocycles. The van der Waals surface area contributed by atoms with E-state index >= 15 is 0 Å². The van der Waals surface area contributed by atoms with Gasteiger partial charge in [-0.25, -0.2) is 4.98 Å². The predicted molar refractivity (Wildman–Crippen MR) is 214 cm³/mol. The molecule has 1 amide bonds. The Hall–Kier alpha value is -4.68. The van der Waals surface area contributed by atoms with Gasteiger partial charge in [0, 0.05) is 69.4 Å². The summed E-state index contributed by atoms with van der Waals surface area (Å²) in [6, 6.07) is 16.3. The average Bonchev–Trinajstić information content (AvgIpc) is 3.41. The summed E-state index contributed by atoms with van der Waals surface area (Å²) in [6.45, 7) is 17.3. The van der Waals surface area contributed by atoms with E-state index < -0.39 is 65.1 Å². The van der Waals surface area contributed by atoms with E-state index in [9.17, 15) is 24.3 Å². The van der Waals surface area contributed by atoms with Crippen molar-refractivity contribution in [1.82, 2.24) is 10.3 Å². The third-order valence-corrected chi connectivity index (χ3v) is 11.1. The van der Waals surface area contributed by atoms with E-state index in [2.05, 4.69) is 40.8 Å². The van der Waals surface area contributed by atoms with Gasteiger partial charge in [0.15, 0.2) is 0 Å². The van der Waals surface area contributed by atoms with Gasteiger partial charge in [0.2, 0.25) is 22.8 Å². The van der Waals surface area contributed by atoms with Crippen LogP contribution in [0.5, 0.6) is 0 Å². The molecule has 302 valence electrons. The number of amides is 1. The molecule has 0 spiro atoms. The molecule has 2 heterocycles. The Morgan fingerprint density at radius 2 is 1.66 bits per heavy atom. The van der Waals surface area contributed by atoms with Crippen molar-refractivity contribution in [2.24, 2.45) is 34.5 Å². The van der Waals surface area contributed by atoms with E-state index in [0.717, 1.165) is 46.9 Å². The minimum atomic E-state index is -1.25. The molecular weight excluding hydrogens is 713 g/mol. The summed E-state index contributed by atoms with van der Waals surface area (Å²) in [4.78, 5) is 61.6. The van der Waals surface area contributed by atoms with Gasteiger partial charge in [-0.3, -0.25) is 19.2 Å². The Kier molecular flexibility index (Phi) is 13.1. The Morgan fingerprint density at radius 3 is 2.23 bits per heavy atom. The standard InChI is InChI=1S/C44H58N4O8/c1-11-47(12-2)28-19-21-31-33(23-28)48(27-16-14-13-15-17-27)32-22-26(18-20-30(32)46-31)45-39(49)37(38(40(50)51)44(6,7)8)34(54-9)24-29-36(42(53)56-41(29)52)35(55-10)25-43(3,4)5/h13-17,19,21-23,29,34-38H,11-12,18,20,24-25H2,1-10H3,(H,50,51)/p+1. The smallest absolute Gasteiger partial charge is 0.320 e. The number of carboxylic acid groups (broad SMARTS) is 1. The number of aromatic nitrogens is 2. The predicted octanol–water partition coefficient (Wildman–Crippen LogP) is 6.30. The highest BCUT2D eigenvalue weighted by Crippen LogP contribution is 2.42. The molecule has 1 aliphatic heterocycles. The number of fused-ring (bicyclic) bond motifs is 2. The third-order valence-electron chi connectivity index (χ3n) is 11.1. The average molecular weight is 772 g/mol. The topological polar surface area (TPSA) is 148 Å². The molecule has 2 N–H and O–H groups in total. The quantitative estimate of drug-likeness (QED) is 0.103. The SMILES string of the molecule is CCN(CC)c1ccc2nc3c([n+](-c4ccccc4)c2c1)C=C(NC(=O)C(C(CC1C(=O)OC(=O)C1C(CC(C)(C)C)OC)OC)C(C(=O)O)C(C)(C)C)CC3. The highest BCUT2D eigenvalue weighted by Gasteiger charge is 2.53. The number of nitrogens with zero attached hydrogens (tertiary/aromatic N) is 3. The Balaban J connectivity index is 1.57. The number of para-hydroxylation sites is 1. The minimum Gasteiger partial charge on any atom is -0.481 e. The first-order valence-corrected chi connectivity index (χ1v) is 19.7. The molecule has 1 fully saturated rings. The summed E-state index contributed by atoms with van der Waals surface area (Å²) in [5.41, 5.74) is 4.92. The number of carbonyl (C=O) groups excluding carboxylic acids is 3. The van der Waals surface area contributed by atoms with Gasteiger partial charge in [0.25, 0.3) is 0 Å². The van der Waals surface area contributed by atoms with Crippen LogP contribution >= 0.6 is 0 Å². The summed E-state index contributed by atoms with van der Waals surface area (Å²) in [6.07, 6.45) is 1.55. The number of carboxylic acids is 1. The van der Waals surface area contributed by atoms with Crippen LogP contribution < -0.4 is 14.8 Å². The van der Waals surface area contributed by atoms with Crippen LogP contribution in [0.1, 0.15) is 86.0 Å². The first kappa shape index (κ1) is 42.5. The van der Waals surface area contributed by atoms with Gasteiger partial charge in [-0.2, -0.15) is 4.57 Å². The molecule has 5 rings (SSSR count). The molecule has 2 aliphatic rings. The van der Waals surface area contributed by atoms with Gasteiger partial charge < -0.3 is 29.5 Å². The number of nitrogens with one attached hydrogen (secondary N) is 1. The Labute approximate surface area is 330 Å². The zero-order valence-electron chi connectivity index (χ0n) is 34.5. The van der Waals surface area contributed by atoms with E-state index in [4.69, 9.17) is 19.2 Å². The maximum atomic E-state index is 14.7. The number of aliphatic carboxylic acids is 1. The molecule has 0 saturated carbocycles. The van der Waals surface area contributed by atoms with Crippen molar-refractivity contribution < 1.29 is 43.1 Å². The van der Waals surface area contributed by atoms with Gasteiger partial charge in [-0.05, 0) is 56.1 Å². The van der Waals surface area contributed by atoms with Gasteiger partial charge in [-0.15, -0.1) is 0 Å². The van der Waals surface area contributed by atoms with Gasteiger partial charge in [-0.1, -0.05) is 59.7 Å². The van der Waals surface area contributed by atoms with Crippen LogP contribution in [0, 0.1) is 34.5 Å². The first-order chi connectivity index (χ1) is 26.4. The maximum Gasteiger partial charge on any atom is 0.320 e. The van der Waals surface area contributed by atoms with Crippen LogP contribution in [0.25, 0.3) is 22.8 Å². The molecule has 2 aromatic carbocycles. The van der Waals surface area contributed by atoms with Crippen LogP contribution in [0.15, 0.2) is 54.2 Å². The van der Waals surface area contributed by atoms with Crippen molar-refractivity contribution in [2.75, 3.05) is 32.2 Å². The van der Waals surface area contributed by atoms with E-state index in [0.29, 0.717) is 25.0 Å². The molecular formula is C44H59N4O8+. The molecule has 0 radical (unpaired) electrons. The monoisotopic (exact) mass is 771 g/mol. The highest BCUT2D eigenvalue weighted by molar-refractivity contribution is 5.97. The number of hydrogen-bond donors (Lipinski definition) is 2. The minimum absolute atomic E-state index is 0.117. The summed E-state index contributed by atoms with van der Waals surface area (Å²) >= 11 is 0. The van der Waals surface area contributed by atoms with Crippen LogP contribution in [-0.2, 0) is 39.8 Å². The molecule has 6 atom stereocenters. The third kappa shape index (κ3) is 9.13. The van der Waals surface area contributed by atoms with Gasteiger partial charge >= 0.3 is 17.9 Å². The van der Waals surface area contributed by atoms with Crippen molar-refractivity contribution in [3.05, 3.63) is 65.6 Å². The molecule has 1 aliphatic carbocycles. The van der Waals surface area contributed by atoms with Crippen LogP contribution in [0.4, 0.5) is 5.69 Å². The van der Waals surface area contributed by atoms with Crippen LogP contribution in [0.3, 0.4) is 0 Å². The number of benzene rings is 2. The number of allylic oxidation sites excluding steroid dienone is 1. The summed E-state index contributed by atoms with van der Waals surface area (Å²) in [5, 5.41) is 13.8. The number of rotatable bonds is 15. The second-order valence-electron chi connectivity index (χ2n) is 17.2. The largest absolute Gasteiger partial charge is 0.481 e. The van der Waals surface area contributed by atoms with Gasteiger partial charge in [0.05, 0.1) is 35.9 Å². The van der Waals surface area contributed by atoms with E-state index in [1.165, 1.54) is 14.2 Å². The number of anilines is 1. The van der Waals surface area contributed by atoms with Crippen molar-refractivity contribution >= 4 is 46.6 Å². The summed E-state index contributed by atoms with van der Waals surface area (Å²) in [5.74, 6) is -7.57. The van der Waals surface area contributed by atoms with Crippen molar-refractivity contribution in [3.8, 4) is 5.69 Å². The Morgan fingerprint density at radius 1 is 0.982 bits per heavy atom. The fourth-order valence-corrected chi connectivity index (χ4v) is 8.46. The number of ether oxygens (including phenoxy) is 3. The lowest BCUT2D eigenvalue weighted by Gasteiger charge is -2.38. The zero-order chi connectivity index (χ0) is 41.1. The maximum absolute atomic E-state index is 14.7. The zero-order valence-corrected chi connectivity index (χ0v) is 34.5. The fourth-order valence-electron chi connectivity index (χ4n) is 8.46. The van der Waals surface area contributed by atoms with Crippen LogP contribution in [-0.4, -0.2) is 73.4 Å². The number of cyclic esters (lactones) is 2. The summed E-state index contributed by atoms with van der Waals surface area (Å²) < 4.78 is 19.1.